The lowest BCUT2D eigenvalue weighted by Gasteiger charge is -2.07. The second-order valence-corrected chi connectivity index (χ2v) is 4.70. The van der Waals surface area contributed by atoms with Gasteiger partial charge < -0.3 is 5.32 Å². The van der Waals surface area contributed by atoms with Crippen LogP contribution in [0, 0.1) is 0 Å². The standard InChI is InChI=1S/C13H23N3O/c1-11(2)14-9-4-5-13(17)7-6-12-8-10-15-16(12)3/h8,10-11,14H,4-7,9H2,1-3H3. The highest BCUT2D eigenvalue weighted by Crippen LogP contribution is 2.04. The van der Waals surface area contributed by atoms with E-state index in [1.807, 2.05) is 17.8 Å². The summed E-state index contributed by atoms with van der Waals surface area (Å²) in [6.07, 6.45) is 4.81. The lowest BCUT2D eigenvalue weighted by molar-refractivity contribution is -0.119. The molecule has 0 atom stereocenters. The molecule has 0 spiro atoms. The Kier molecular flexibility index (Phi) is 5.91. The largest absolute Gasteiger partial charge is 0.315 e. The first-order chi connectivity index (χ1) is 8.09. The lowest BCUT2D eigenvalue weighted by atomic mass is 10.1. The fraction of sp³-hybridized carbons (Fsp3) is 0.692. The first-order valence-corrected chi connectivity index (χ1v) is 6.31. The summed E-state index contributed by atoms with van der Waals surface area (Å²) in [5.41, 5.74) is 1.12. The molecule has 0 aliphatic carbocycles. The summed E-state index contributed by atoms with van der Waals surface area (Å²) in [4.78, 5) is 11.6. The van der Waals surface area contributed by atoms with Crippen molar-refractivity contribution in [2.24, 2.45) is 7.05 Å². The van der Waals surface area contributed by atoms with Gasteiger partial charge in [0.1, 0.15) is 5.78 Å². The monoisotopic (exact) mass is 237 g/mol. The SMILES string of the molecule is CC(C)NCCCC(=O)CCc1ccnn1C. The van der Waals surface area contributed by atoms with Gasteiger partial charge in [0, 0.05) is 37.8 Å². The lowest BCUT2D eigenvalue weighted by Crippen LogP contribution is -2.24. The number of rotatable bonds is 8. The van der Waals surface area contributed by atoms with Crippen LogP contribution in [0.5, 0.6) is 0 Å². The molecule has 0 saturated heterocycles. The molecule has 1 heterocycles. The molecule has 1 N–H and O–H groups in total. The number of hydrogen-bond donors (Lipinski definition) is 1. The van der Waals surface area contributed by atoms with E-state index in [1.165, 1.54) is 0 Å². The Morgan fingerprint density at radius 3 is 2.82 bits per heavy atom. The van der Waals surface area contributed by atoms with Gasteiger partial charge >= 0.3 is 0 Å². The fourth-order valence-electron chi connectivity index (χ4n) is 1.72. The highest BCUT2D eigenvalue weighted by atomic mass is 16.1. The third-order valence-electron chi connectivity index (χ3n) is 2.77. The van der Waals surface area contributed by atoms with Crippen molar-refractivity contribution < 1.29 is 4.79 Å². The average Bonchev–Trinajstić information content (AvgIpc) is 2.67. The van der Waals surface area contributed by atoms with Crippen LogP contribution in [0.1, 0.15) is 38.8 Å². The summed E-state index contributed by atoms with van der Waals surface area (Å²) in [7, 11) is 1.91. The molecule has 0 fully saturated rings. The molecule has 0 aromatic carbocycles. The van der Waals surface area contributed by atoms with E-state index < -0.39 is 0 Å². The van der Waals surface area contributed by atoms with Crippen molar-refractivity contribution in [3.8, 4) is 0 Å². The van der Waals surface area contributed by atoms with E-state index in [0.717, 1.165) is 25.1 Å². The van der Waals surface area contributed by atoms with Gasteiger partial charge in [-0.2, -0.15) is 5.10 Å². The van der Waals surface area contributed by atoms with Gasteiger partial charge in [-0.15, -0.1) is 0 Å². The minimum absolute atomic E-state index is 0.344. The van der Waals surface area contributed by atoms with Gasteiger partial charge in [-0.3, -0.25) is 9.48 Å². The van der Waals surface area contributed by atoms with Crippen LogP contribution in [0.4, 0.5) is 0 Å². The number of carbonyl (C=O) groups excluding carboxylic acids is 1. The maximum atomic E-state index is 11.6. The summed E-state index contributed by atoms with van der Waals surface area (Å²) in [6.45, 7) is 5.16. The van der Waals surface area contributed by atoms with Gasteiger partial charge in [-0.25, -0.2) is 0 Å². The van der Waals surface area contributed by atoms with E-state index in [0.29, 0.717) is 24.7 Å². The maximum absolute atomic E-state index is 11.6. The topological polar surface area (TPSA) is 46.9 Å². The Balaban J connectivity index is 2.11. The van der Waals surface area contributed by atoms with Crippen LogP contribution >= 0.6 is 0 Å². The first-order valence-electron chi connectivity index (χ1n) is 6.31. The number of aromatic nitrogens is 2. The Bertz CT molecular complexity index is 344. The van der Waals surface area contributed by atoms with Crippen molar-refractivity contribution in [1.29, 1.82) is 0 Å². The van der Waals surface area contributed by atoms with Crippen LogP contribution in [-0.2, 0) is 18.3 Å². The van der Waals surface area contributed by atoms with Crippen molar-refractivity contribution in [2.45, 2.75) is 45.6 Å². The summed E-state index contributed by atoms with van der Waals surface area (Å²) >= 11 is 0. The van der Waals surface area contributed by atoms with E-state index in [4.69, 9.17) is 0 Å². The summed E-state index contributed by atoms with van der Waals surface area (Å²) in [5.74, 6) is 0.344. The van der Waals surface area contributed by atoms with Crippen LogP contribution in [0.15, 0.2) is 12.3 Å². The number of aryl methyl sites for hydroxylation is 2. The van der Waals surface area contributed by atoms with Crippen molar-refractivity contribution in [2.75, 3.05) is 6.54 Å². The molecule has 4 heteroatoms. The van der Waals surface area contributed by atoms with Crippen molar-refractivity contribution in [1.82, 2.24) is 15.1 Å². The first kappa shape index (κ1) is 13.9. The Labute approximate surface area is 103 Å². The van der Waals surface area contributed by atoms with Gasteiger partial charge in [0.2, 0.25) is 0 Å². The van der Waals surface area contributed by atoms with Gasteiger partial charge in [-0.05, 0) is 25.5 Å². The fourth-order valence-corrected chi connectivity index (χ4v) is 1.72. The van der Waals surface area contributed by atoms with Crippen molar-refractivity contribution in [3.05, 3.63) is 18.0 Å². The summed E-state index contributed by atoms with van der Waals surface area (Å²) in [6, 6.07) is 2.47. The molecule has 4 nitrogen and oxygen atoms in total. The van der Waals surface area contributed by atoms with Crippen LogP contribution < -0.4 is 5.32 Å². The average molecular weight is 237 g/mol. The van der Waals surface area contributed by atoms with Crippen LogP contribution in [-0.4, -0.2) is 28.2 Å². The molecular weight excluding hydrogens is 214 g/mol. The van der Waals surface area contributed by atoms with Crippen LogP contribution in [0.3, 0.4) is 0 Å². The highest BCUT2D eigenvalue weighted by molar-refractivity contribution is 5.78. The number of Topliss-reactive ketones (excluding diaryl/α,β-unsaturated/α-hetero) is 1. The smallest absolute Gasteiger partial charge is 0.133 e. The third-order valence-corrected chi connectivity index (χ3v) is 2.77. The summed E-state index contributed by atoms with van der Waals surface area (Å²) < 4.78 is 1.83. The Hall–Kier alpha value is -1.16. The molecule has 0 aliphatic rings. The number of nitrogens with zero attached hydrogens (tertiary/aromatic N) is 2. The molecule has 0 aliphatic heterocycles. The van der Waals surface area contributed by atoms with Crippen LogP contribution in [0.25, 0.3) is 0 Å². The van der Waals surface area contributed by atoms with E-state index >= 15 is 0 Å². The number of ketones is 1. The summed E-state index contributed by atoms with van der Waals surface area (Å²) in [5, 5.41) is 7.40. The number of carbonyl (C=O) groups is 1. The van der Waals surface area contributed by atoms with E-state index in [-0.39, 0.29) is 0 Å². The normalized spacial score (nSPS) is 11.1. The van der Waals surface area contributed by atoms with E-state index in [9.17, 15) is 4.79 Å². The third kappa shape index (κ3) is 5.63. The van der Waals surface area contributed by atoms with Gasteiger partial charge in [0.25, 0.3) is 0 Å². The predicted molar refractivity (Wildman–Crippen MR) is 68.9 cm³/mol. The Morgan fingerprint density at radius 2 is 2.24 bits per heavy atom. The number of hydrogen-bond acceptors (Lipinski definition) is 3. The Morgan fingerprint density at radius 1 is 1.47 bits per heavy atom. The van der Waals surface area contributed by atoms with Crippen LogP contribution in [0.2, 0.25) is 0 Å². The minimum atomic E-state index is 0.344. The molecule has 0 unspecified atom stereocenters. The maximum Gasteiger partial charge on any atom is 0.133 e. The van der Waals surface area contributed by atoms with Gasteiger partial charge in [0.15, 0.2) is 0 Å². The molecule has 1 aromatic rings. The predicted octanol–water partition coefficient (Wildman–Crippen LogP) is 1.70. The van der Waals surface area contributed by atoms with Gasteiger partial charge in [0.05, 0.1) is 0 Å². The molecular formula is C13H23N3O. The zero-order chi connectivity index (χ0) is 12.7. The number of nitrogens with one attached hydrogen (secondary N) is 1. The zero-order valence-electron chi connectivity index (χ0n) is 11.1. The quantitative estimate of drug-likeness (QED) is 0.700. The second-order valence-electron chi connectivity index (χ2n) is 4.70. The molecule has 0 saturated carbocycles. The molecule has 0 amide bonds. The molecule has 1 rings (SSSR count). The second kappa shape index (κ2) is 7.22. The van der Waals surface area contributed by atoms with Crippen molar-refractivity contribution in [3.63, 3.8) is 0 Å². The molecule has 1 aromatic heterocycles. The molecule has 0 radical (unpaired) electrons. The van der Waals surface area contributed by atoms with E-state index in [2.05, 4.69) is 24.3 Å². The van der Waals surface area contributed by atoms with E-state index in [1.54, 1.807) is 6.20 Å². The minimum Gasteiger partial charge on any atom is -0.315 e. The molecule has 96 valence electrons. The molecule has 0 bridgehead atoms. The zero-order valence-corrected chi connectivity index (χ0v) is 11.1. The van der Waals surface area contributed by atoms with Gasteiger partial charge in [-0.1, -0.05) is 13.8 Å². The van der Waals surface area contributed by atoms with Crippen molar-refractivity contribution >= 4 is 5.78 Å². The highest BCUT2D eigenvalue weighted by Gasteiger charge is 2.05. The molecule has 17 heavy (non-hydrogen) atoms.